The normalized spacial score (nSPS) is 12.9. The van der Waals surface area contributed by atoms with Crippen molar-refractivity contribution in [1.29, 1.82) is 5.26 Å². The van der Waals surface area contributed by atoms with Gasteiger partial charge in [-0.1, -0.05) is 39.8 Å². The van der Waals surface area contributed by atoms with E-state index in [0.717, 1.165) is 12.2 Å². The molecule has 0 saturated carbocycles. The van der Waals surface area contributed by atoms with Gasteiger partial charge in [-0.05, 0) is 36.0 Å². The molecule has 2 heteroatoms. The lowest BCUT2D eigenvalue weighted by Gasteiger charge is -2.24. The van der Waals surface area contributed by atoms with Gasteiger partial charge in [0.25, 0.3) is 0 Å². The lowest BCUT2D eigenvalue weighted by Crippen LogP contribution is -2.17. The molecule has 1 rings (SSSR count). The summed E-state index contributed by atoms with van der Waals surface area (Å²) in [5.74, 6) is 0.823. The number of nitriles is 1. The molecule has 0 heterocycles. The monoisotopic (exact) mass is 231 g/mol. The van der Waals surface area contributed by atoms with Crippen molar-refractivity contribution in [3.8, 4) is 11.8 Å². The number of rotatable bonds is 3. The highest BCUT2D eigenvalue weighted by Crippen LogP contribution is 2.32. The quantitative estimate of drug-likeness (QED) is 0.792. The van der Waals surface area contributed by atoms with E-state index in [1.165, 1.54) is 11.1 Å². The van der Waals surface area contributed by atoms with Crippen LogP contribution in [0.3, 0.4) is 0 Å². The summed E-state index contributed by atoms with van der Waals surface area (Å²) >= 11 is 0. The smallest absolute Gasteiger partial charge is 0.181 e. The van der Waals surface area contributed by atoms with Crippen molar-refractivity contribution in [3.05, 3.63) is 29.3 Å². The third-order valence-corrected chi connectivity index (χ3v) is 2.75. The van der Waals surface area contributed by atoms with Crippen LogP contribution in [0, 0.1) is 11.3 Å². The number of hydrogen-bond donors (Lipinski definition) is 0. The van der Waals surface area contributed by atoms with Gasteiger partial charge in [-0.15, -0.1) is 0 Å². The van der Waals surface area contributed by atoms with E-state index >= 15 is 0 Å². The molecule has 1 aromatic carbocycles. The van der Waals surface area contributed by atoms with Crippen molar-refractivity contribution in [2.75, 3.05) is 0 Å². The summed E-state index contributed by atoms with van der Waals surface area (Å²) in [7, 11) is 0. The summed E-state index contributed by atoms with van der Waals surface area (Å²) in [4.78, 5) is 0. The molecule has 0 aliphatic carbocycles. The van der Waals surface area contributed by atoms with Crippen LogP contribution >= 0.6 is 0 Å². The van der Waals surface area contributed by atoms with E-state index in [9.17, 15) is 0 Å². The van der Waals surface area contributed by atoms with Crippen LogP contribution in [-0.4, -0.2) is 6.10 Å². The van der Waals surface area contributed by atoms with E-state index in [2.05, 4.69) is 45.9 Å². The maximum absolute atomic E-state index is 8.82. The van der Waals surface area contributed by atoms with Crippen LogP contribution < -0.4 is 4.74 Å². The van der Waals surface area contributed by atoms with Gasteiger partial charge < -0.3 is 4.74 Å². The Morgan fingerprint density at radius 3 is 2.47 bits per heavy atom. The second kappa shape index (κ2) is 5.23. The first-order valence-electron chi connectivity index (χ1n) is 6.08. The zero-order valence-electron chi connectivity index (χ0n) is 11.4. The fraction of sp³-hybridized carbons (Fsp3) is 0.533. The second-order valence-electron chi connectivity index (χ2n) is 5.32. The molecular formula is C15H21NO. The third-order valence-electron chi connectivity index (χ3n) is 2.75. The van der Waals surface area contributed by atoms with Gasteiger partial charge in [0.2, 0.25) is 0 Å². The highest BCUT2D eigenvalue weighted by atomic mass is 16.5. The molecule has 0 saturated heterocycles. The van der Waals surface area contributed by atoms with Crippen molar-refractivity contribution < 1.29 is 4.74 Å². The average molecular weight is 231 g/mol. The van der Waals surface area contributed by atoms with Gasteiger partial charge in [0.05, 0.1) is 0 Å². The Morgan fingerprint density at radius 2 is 2.00 bits per heavy atom. The molecule has 1 atom stereocenters. The Balaban J connectivity index is 3.17. The van der Waals surface area contributed by atoms with E-state index in [1.807, 2.05) is 6.07 Å². The molecule has 0 aliphatic heterocycles. The van der Waals surface area contributed by atoms with E-state index in [1.54, 1.807) is 6.92 Å². The van der Waals surface area contributed by atoms with Crippen LogP contribution in [-0.2, 0) is 11.8 Å². The highest BCUT2D eigenvalue weighted by Gasteiger charge is 2.20. The summed E-state index contributed by atoms with van der Waals surface area (Å²) in [6.45, 7) is 10.4. The SMILES string of the molecule is CCc1ccc(OC(C)C#N)c(C(C)(C)C)c1. The minimum atomic E-state index is -0.413. The maximum atomic E-state index is 8.82. The summed E-state index contributed by atoms with van der Waals surface area (Å²) in [5, 5.41) is 8.82. The van der Waals surface area contributed by atoms with Gasteiger partial charge in [0.15, 0.2) is 6.10 Å². The molecule has 0 N–H and O–H groups in total. The summed E-state index contributed by atoms with van der Waals surface area (Å²) in [6.07, 6.45) is 0.598. The molecule has 0 spiro atoms. The first-order chi connectivity index (χ1) is 7.88. The Kier molecular flexibility index (Phi) is 4.17. The van der Waals surface area contributed by atoms with Gasteiger partial charge in [-0.3, -0.25) is 0 Å². The van der Waals surface area contributed by atoms with Crippen molar-refractivity contribution in [3.63, 3.8) is 0 Å². The van der Waals surface area contributed by atoms with Crippen LogP contribution in [0.1, 0.15) is 45.7 Å². The Morgan fingerprint density at radius 1 is 1.35 bits per heavy atom. The van der Waals surface area contributed by atoms with Gasteiger partial charge in [-0.25, -0.2) is 0 Å². The van der Waals surface area contributed by atoms with E-state index in [4.69, 9.17) is 10.00 Å². The average Bonchev–Trinajstić information content (AvgIpc) is 2.28. The van der Waals surface area contributed by atoms with Crippen molar-refractivity contribution in [1.82, 2.24) is 0 Å². The van der Waals surface area contributed by atoms with Gasteiger partial charge >= 0.3 is 0 Å². The lowest BCUT2D eigenvalue weighted by atomic mass is 9.85. The van der Waals surface area contributed by atoms with E-state index in [-0.39, 0.29) is 5.41 Å². The summed E-state index contributed by atoms with van der Waals surface area (Å²) in [6, 6.07) is 8.32. The molecule has 92 valence electrons. The van der Waals surface area contributed by atoms with Gasteiger partial charge in [0, 0.05) is 0 Å². The van der Waals surface area contributed by atoms with Crippen LogP contribution in [0.4, 0.5) is 0 Å². The topological polar surface area (TPSA) is 33.0 Å². The van der Waals surface area contributed by atoms with E-state index < -0.39 is 6.10 Å². The van der Waals surface area contributed by atoms with Crippen molar-refractivity contribution >= 4 is 0 Å². The predicted molar refractivity (Wildman–Crippen MR) is 70.2 cm³/mol. The molecule has 1 unspecified atom stereocenters. The molecule has 0 aromatic heterocycles. The minimum Gasteiger partial charge on any atom is -0.476 e. The van der Waals surface area contributed by atoms with Crippen molar-refractivity contribution in [2.45, 2.75) is 52.6 Å². The number of nitrogens with zero attached hydrogens (tertiary/aromatic N) is 1. The van der Waals surface area contributed by atoms with Crippen LogP contribution in [0.5, 0.6) is 5.75 Å². The Hall–Kier alpha value is -1.49. The Labute approximate surface area is 104 Å². The van der Waals surface area contributed by atoms with Crippen LogP contribution in [0.15, 0.2) is 18.2 Å². The first-order valence-corrected chi connectivity index (χ1v) is 6.08. The number of benzene rings is 1. The first kappa shape index (κ1) is 13.6. The fourth-order valence-corrected chi connectivity index (χ4v) is 1.70. The third kappa shape index (κ3) is 3.49. The molecule has 17 heavy (non-hydrogen) atoms. The number of aryl methyl sites for hydroxylation is 1. The maximum Gasteiger partial charge on any atom is 0.181 e. The van der Waals surface area contributed by atoms with Gasteiger partial charge in [0.1, 0.15) is 11.8 Å². The van der Waals surface area contributed by atoms with E-state index in [0.29, 0.717) is 0 Å². The zero-order chi connectivity index (χ0) is 13.1. The molecule has 0 amide bonds. The second-order valence-corrected chi connectivity index (χ2v) is 5.32. The molecule has 0 bridgehead atoms. The predicted octanol–water partition coefficient (Wildman–Crippen LogP) is 3.84. The zero-order valence-corrected chi connectivity index (χ0v) is 11.4. The molecule has 0 radical (unpaired) electrons. The summed E-state index contributed by atoms with van der Waals surface area (Å²) in [5.41, 5.74) is 2.49. The van der Waals surface area contributed by atoms with Crippen molar-refractivity contribution in [2.24, 2.45) is 0 Å². The molecule has 0 fully saturated rings. The van der Waals surface area contributed by atoms with Gasteiger partial charge in [-0.2, -0.15) is 5.26 Å². The number of hydrogen-bond acceptors (Lipinski definition) is 2. The van der Waals surface area contributed by atoms with Crippen LogP contribution in [0.25, 0.3) is 0 Å². The molecule has 0 aliphatic rings. The van der Waals surface area contributed by atoms with Crippen LogP contribution in [0.2, 0.25) is 0 Å². The fourth-order valence-electron chi connectivity index (χ4n) is 1.70. The Bertz CT molecular complexity index is 424. The largest absolute Gasteiger partial charge is 0.476 e. The number of ether oxygens (including phenoxy) is 1. The highest BCUT2D eigenvalue weighted by molar-refractivity contribution is 5.42. The molecule has 2 nitrogen and oxygen atoms in total. The minimum absolute atomic E-state index is 0.0235. The molecule has 1 aromatic rings. The molecular weight excluding hydrogens is 210 g/mol. The lowest BCUT2D eigenvalue weighted by molar-refractivity contribution is 0.269. The summed E-state index contributed by atoms with van der Waals surface area (Å²) < 4.78 is 5.66. The standard InChI is InChI=1S/C15H21NO/c1-6-12-7-8-14(17-11(2)10-16)13(9-12)15(3,4)5/h7-9,11H,6H2,1-5H3.